The fourth-order valence-corrected chi connectivity index (χ4v) is 3.86. The molecule has 3 aromatic rings. The van der Waals surface area contributed by atoms with Crippen molar-refractivity contribution < 1.29 is 14.0 Å². The number of hydrogen-bond donors (Lipinski definition) is 1. The van der Waals surface area contributed by atoms with Gasteiger partial charge in [0, 0.05) is 5.56 Å². The number of aromatic nitrogens is 2. The second kappa shape index (κ2) is 7.36. The van der Waals surface area contributed by atoms with Gasteiger partial charge in [-0.2, -0.15) is 0 Å². The zero-order valence-electron chi connectivity index (χ0n) is 16.3. The van der Waals surface area contributed by atoms with E-state index < -0.39 is 5.54 Å². The Morgan fingerprint density at radius 1 is 1.17 bits per heavy atom. The summed E-state index contributed by atoms with van der Waals surface area (Å²) in [5.41, 5.74) is 2.21. The van der Waals surface area contributed by atoms with E-state index in [1.807, 2.05) is 49.4 Å². The van der Waals surface area contributed by atoms with Crippen LogP contribution in [0.15, 0.2) is 58.2 Å². The maximum Gasteiger partial charge on any atom is 0.277 e. The number of amides is 2. The molecule has 1 aromatic heterocycles. The van der Waals surface area contributed by atoms with Crippen LogP contribution in [0.25, 0.3) is 11.5 Å². The highest BCUT2D eigenvalue weighted by Gasteiger charge is 2.43. The lowest BCUT2D eigenvalue weighted by molar-refractivity contribution is -0.125. The average Bonchev–Trinajstić information content (AvgIpc) is 3.16. The topological polar surface area (TPSA) is 88.3 Å². The van der Waals surface area contributed by atoms with Gasteiger partial charge in [-0.1, -0.05) is 41.6 Å². The van der Waals surface area contributed by atoms with Gasteiger partial charge in [-0.05, 0) is 45.0 Å². The van der Waals surface area contributed by atoms with Crippen molar-refractivity contribution in [3.63, 3.8) is 0 Å². The van der Waals surface area contributed by atoms with Gasteiger partial charge in [-0.25, -0.2) is 0 Å². The van der Waals surface area contributed by atoms with Crippen LogP contribution in [0.1, 0.15) is 19.4 Å². The van der Waals surface area contributed by atoms with Crippen LogP contribution in [-0.2, 0) is 9.59 Å². The SMILES string of the molecule is Cc1cccc(-c2nnc(SCC(=O)N3c4ccccc4NC(=O)C3(C)C)o2)c1. The van der Waals surface area contributed by atoms with Crippen molar-refractivity contribution >= 4 is 35.0 Å². The normalized spacial score (nSPS) is 15.0. The quantitative estimate of drug-likeness (QED) is 0.659. The maximum absolute atomic E-state index is 13.1. The van der Waals surface area contributed by atoms with E-state index in [2.05, 4.69) is 15.5 Å². The molecule has 0 fully saturated rings. The van der Waals surface area contributed by atoms with Crippen LogP contribution in [0, 0.1) is 6.92 Å². The third-order valence-corrected chi connectivity index (χ3v) is 5.55. The summed E-state index contributed by atoms with van der Waals surface area (Å²) in [5.74, 6) is 0.0406. The predicted octanol–water partition coefficient (Wildman–Crippen LogP) is 3.90. The molecule has 2 amide bonds. The molecule has 0 atom stereocenters. The Balaban J connectivity index is 1.52. The maximum atomic E-state index is 13.1. The second-order valence-corrected chi connectivity index (χ2v) is 8.22. The molecule has 4 rings (SSSR count). The smallest absolute Gasteiger partial charge is 0.277 e. The molecule has 0 saturated carbocycles. The number of nitrogens with one attached hydrogen (secondary N) is 1. The summed E-state index contributed by atoms with van der Waals surface area (Å²) in [4.78, 5) is 27.1. The van der Waals surface area contributed by atoms with E-state index in [9.17, 15) is 9.59 Å². The van der Waals surface area contributed by atoms with Crippen molar-refractivity contribution in [1.82, 2.24) is 10.2 Å². The molecule has 2 aromatic carbocycles. The summed E-state index contributed by atoms with van der Waals surface area (Å²) in [7, 11) is 0. The number of aryl methyl sites for hydroxylation is 1. The molecule has 2 heterocycles. The Bertz CT molecular complexity index is 1090. The van der Waals surface area contributed by atoms with Crippen LogP contribution in [-0.4, -0.2) is 33.3 Å². The third kappa shape index (κ3) is 3.63. The van der Waals surface area contributed by atoms with E-state index in [4.69, 9.17) is 4.42 Å². The summed E-state index contributed by atoms with van der Waals surface area (Å²) in [6, 6.07) is 15.0. The van der Waals surface area contributed by atoms with Crippen molar-refractivity contribution in [2.24, 2.45) is 0 Å². The fourth-order valence-electron chi connectivity index (χ4n) is 3.25. The Labute approximate surface area is 172 Å². The first-order valence-corrected chi connectivity index (χ1v) is 10.1. The van der Waals surface area contributed by atoms with Crippen molar-refractivity contribution in [3.8, 4) is 11.5 Å². The molecular weight excluding hydrogens is 388 g/mol. The minimum Gasteiger partial charge on any atom is -0.411 e. The highest BCUT2D eigenvalue weighted by molar-refractivity contribution is 7.99. The number of rotatable bonds is 4. The first-order chi connectivity index (χ1) is 13.9. The lowest BCUT2D eigenvalue weighted by Gasteiger charge is -2.42. The number of hydrogen-bond acceptors (Lipinski definition) is 6. The van der Waals surface area contributed by atoms with Crippen LogP contribution in [0.2, 0.25) is 0 Å². The molecule has 0 radical (unpaired) electrons. The first kappa shape index (κ1) is 19.2. The summed E-state index contributed by atoms with van der Waals surface area (Å²) >= 11 is 1.16. The number of thioether (sulfide) groups is 1. The molecule has 1 N–H and O–H groups in total. The summed E-state index contributed by atoms with van der Waals surface area (Å²) in [6.45, 7) is 5.44. The fraction of sp³-hybridized carbons (Fsp3) is 0.238. The van der Waals surface area contributed by atoms with Gasteiger partial charge in [0.05, 0.1) is 17.1 Å². The number of carbonyl (C=O) groups excluding carboxylic acids is 2. The average molecular weight is 408 g/mol. The molecule has 0 aliphatic carbocycles. The molecule has 0 bridgehead atoms. The van der Waals surface area contributed by atoms with Gasteiger partial charge in [0.25, 0.3) is 5.22 Å². The summed E-state index contributed by atoms with van der Waals surface area (Å²) < 4.78 is 5.70. The molecule has 0 unspecified atom stereocenters. The standard InChI is InChI=1S/C21H20N4O3S/c1-13-7-6-8-14(11-13)18-23-24-20(28-18)29-12-17(26)25-16-10-5-4-9-15(16)22-19(27)21(25,2)3/h4-11H,12H2,1-3H3,(H,22,27). The van der Waals surface area contributed by atoms with Crippen molar-refractivity contribution in [3.05, 3.63) is 54.1 Å². The third-order valence-electron chi connectivity index (χ3n) is 4.75. The number of anilines is 2. The van der Waals surface area contributed by atoms with Crippen LogP contribution in [0.4, 0.5) is 11.4 Å². The highest BCUT2D eigenvalue weighted by Crippen LogP contribution is 2.37. The molecule has 0 saturated heterocycles. The molecule has 29 heavy (non-hydrogen) atoms. The van der Waals surface area contributed by atoms with E-state index in [1.165, 1.54) is 4.90 Å². The number of nitrogens with zero attached hydrogens (tertiary/aromatic N) is 3. The Kier molecular flexibility index (Phi) is 4.87. The van der Waals surface area contributed by atoms with Gasteiger partial charge >= 0.3 is 0 Å². The van der Waals surface area contributed by atoms with Gasteiger partial charge in [0.1, 0.15) is 5.54 Å². The minimum atomic E-state index is -1.01. The van der Waals surface area contributed by atoms with E-state index in [0.717, 1.165) is 22.9 Å². The van der Waals surface area contributed by atoms with Gasteiger partial charge in [0.15, 0.2) is 0 Å². The van der Waals surface area contributed by atoms with Gasteiger partial charge in [-0.15, -0.1) is 10.2 Å². The first-order valence-electron chi connectivity index (χ1n) is 9.13. The second-order valence-electron chi connectivity index (χ2n) is 7.29. The summed E-state index contributed by atoms with van der Waals surface area (Å²) in [6.07, 6.45) is 0. The molecule has 8 heteroatoms. The zero-order chi connectivity index (χ0) is 20.6. The van der Waals surface area contributed by atoms with E-state index in [1.54, 1.807) is 19.9 Å². The van der Waals surface area contributed by atoms with Crippen LogP contribution in [0.3, 0.4) is 0 Å². The Morgan fingerprint density at radius 3 is 2.76 bits per heavy atom. The minimum absolute atomic E-state index is 0.0699. The number of benzene rings is 2. The summed E-state index contributed by atoms with van der Waals surface area (Å²) in [5, 5.41) is 11.3. The van der Waals surface area contributed by atoms with Crippen LogP contribution < -0.4 is 10.2 Å². The number of fused-ring (bicyclic) bond motifs is 1. The largest absolute Gasteiger partial charge is 0.411 e. The van der Waals surface area contributed by atoms with E-state index in [0.29, 0.717) is 22.5 Å². The van der Waals surface area contributed by atoms with Crippen LogP contribution >= 0.6 is 11.8 Å². The molecule has 1 aliphatic heterocycles. The Hall–Kier alpha value is -3.13. The van der Waals surface area contributed by atoms with Crippen molar-refractivity contribution in [2.45, 2.75) is 31.5 Å². The molecule has 1 aliphatic rings. The highest BCUT2D eigenvalue weighted by atomic mass is 32.2. The molecular formula is C21H20N4O3S. The number of carbonyl (C=O) groups is 2. The molecule has 7 nitrogen and oxygen atoms in total. The van der Waals surface area contributed by atoms with Crippen LogP contribution in [0.5, 0.6) is 0 Å². The van der Waals surface area contributed by atoms with Gasteiger partial charge < -0.3 is 9.73 Å². The monoisotopic (exact) mass is 408 g/mol. The molecule has 148 valence electrons. The van der Waals surface area contributed by atoms with Crippen molar-refractivity contribution in [2.75, 3.05) is 16.0 Å². The van der Waals surface area contributed by atoms with Gasteiger partial charge in [-0.3, -0.25) is 14.5 Å². The predicted molar refractivity (Wildman–Crippen MR) is 112 cm³/mol. The Morgan fingerprint density at radius 2 is 1.97 bits per heavy atom. The molecule has 0 spiro atoms. The lowest BCUT2D eigenvalue weighted by atomic mass is 9.96. The van der Waals surface area contributed by atoms with E-state index in [-0.39, 0.29) is 17.6 Å². The zero-order valence-corrected chi connectivity index (χ0v) is 17.1. The van der Waals surface area contributed by atoms with Crippen molar-refractivity contribution in [1.29, 1.82) is 0 Å². The lowest BCUT2D eigenvalue weighted by Crippen LogP contribution is -2.58. The number of para-hydroxylation sites is 2. The van der Waals surface area contributed by atoms with Gasteiger partial charge in [0.2, 0.25) is 17.7 Å². The van der Waals surface area contributed by atoms with E-state index >= 15 is 0 Å².